The average molecular weight is 525 g/mol. The lowest BCUT2D eigenvalue weighted by Gasteiger charge is -2.22. The molecule has 1 heterocycles. The summed E-state index contributed by atoms with van der Waals surface area (Å²) in [6.45, 7) is 12.5. The van der Waals surface area contributed by atoms with Gasteiger partial charge in [-0.3, -0.25) is 9.52 Å². The zero-order valence-electron chi connectivity index (χ0n) is 22.0. The van der Waals surface area contributed by atoms with E-state index in [1.165, 1.54) is 48.1 Å². The zero-order chi connectivity index (χ0) is 26.3. The van der Waals surface area contributed by atoms with Crippen molar-refractivity contribution in [2.24, 2.45) is 0 Å². The van der Waals surface area contributed by atoms with Gasteiger partial charge in [0.05, 0.1) is 10.6 Å². The van der Waals surface area contributed by atoms with Crippen molar-refractivity contribution in [3.63, 3.8) is 0 Å². The van der Waals surface area contributed by atoms with Crippen molar-refractivity contribution in [3.8, 4) is 0 Å². The quantitative estimate of drug-likeness (QED) is 0.347. The number of sulfonamides is 1. The standard InChI is InChI=1S/C29H36N2O3S2/c1-18-17-19(2)26(20(3)25(18)21-9-7-8-10-21)30-28(32)27-24(15-16-35-27)31-36(33,34)23-13-11-22(12-14-23)29(4,5)6/h11-17,21,31H,7-10H2,1-6H3,(H,30,32). The number of thiophene rings is 1. The van der Waals surface area contributed by atoms with Crippen LogP contribution in [0.25, 0.3) is 0 Å². The topological polar surface area (TPSA) is 75.3 Å². The van der Waals surface area contributed by atoms with Crippen LogP contribution in [0.1, 0.15) is 89.9 Å². The number of anilines is 2. The molecule has 1 aliphatic rings. The summed E-state index contributed by atoms with van der Waals surface area (Å²) in [5, 5.41) is 4.83. The van der Waals surface area contributed by atoms with E-state index >= 15 is 0 Å². The average Bonchev–Trinajstić information content (AvgIpc) is 3.48. The molecule has 1 aromatic heterocycles. The van der Waals surface area contributed by atoms with Crippen LogP contribution in [0.2, 0.25) is 0 Å². The molecule has 5 nitrogen and oxygen atoms in total. The van der Waals surface area contributed by atoms with Gasteiger partial charge in [0.1, 0.15) is 4.88 Å². The fraction of sp³-hybridized carbons (Fsp3) is 0.414. The molecular weight excluding hydrogens is 488 g/mol. The molecule has 0 saturated heterocycles. The highest BCUT2D eigenvalue weighted by Gasteiger charge is 2.25. The van der Waals surface area contributed by atoms with Crippen molar-refractivity contribution in [2.45, 2.75) is 83.5 Å². The van der Waals surface area contributed by atoms with E-state index < -0.39 is 10.0 Å². The van der Waals surface area contributed by atoms with E-state index in [0.29, 0.717) is 10.8 Å². The van der Waals surface area contributed by atoms with E-state index in [9.17, 15) is 13.2 Å². The minimum atomic E-state index is -3.84. The SMILES string of the molecule is Cc1cc(C)c(C2CCCC2)c(C)c1NC(=O)c1sccc1NS(=O)(=O)c1ccc(C(C)(C)C)cc1. The maximum atomic E-state index is 13.4. The fourth-order valence-electron chi connectivity index (χ4n) is 5.31. The summed E-state index contributed by atoms with van der Waals surface area (Å²) in [7, 11) is -3.84. The molecule has 1 aliphatic carbocycles. The van der Waals surface area contributed by atoms with Gasteiger partial charge in [-0.2, -0.15) is 0 Å². The van der Waals surface area contributed by atoms with Crippen LogP contribution in [-0.2, 0) is 15.4 Å². The third-order valence-corrected chi connectivity index (χ3v) is 9.47. The Kier molecular flexibility index (Phi) is 7.35. The van der Waals surface area contributed by atoms with Crippen LogP contribution in [0, 0.1) is 20.8 Å². The number of aryl methyl sites for hydroxylation is 2. The van der Waals surface area contributed by atoms with Gasteiger partial charge >= 0.3 is 0 Å². The van der Waals surface area contributed by atoms with Gasteiger partial charge in [-0.1, -0.05) is 51.8 Å². The van der Waals surface area contributed by atoms with Crippen LogP contribution >= 0.6 is 11.3 Å². The Bertz CT molecular complexity index is 1380. The van der Waals surface area contributed by atoms with Crippen molar-refractivity contribution < 1.29 is 13.2 Å². The normalized spacial score (nSPS) is 14.7. The summed E-state index contributed by atoms with van der Waals surface area (Å²) >= 11 is 1.22. The Morgan fingerprint density at radius 3 is 2.22 bits per heavy atom. The van der Waals surface area contributed by atoms with Crippen LogP contribution in [0.4, 0.5) is 11.4 Å². The minimum absolute atomic E-state index is 0.0712. The zero-order valence-corrected chi connectivity index (χ0v) is 23.6. The largest absolute Gasteiger partial charge is 0.321 e. The van der Waals surface area contributed by atoms with Crippen LogP contribution in [0.15, 0.2) is 46.7 Å². The monoisotopic (exact) mass is 524 g/mol. The number of carbonyl (C=O) groups is 1. The highest BCUT2D eigenvalue weighted by Crippen LogP contribution is 2.41. The molecule has 1 amide bonds. The second-order valence-electron chi connectivity index (χ2n) is 10.9. The Morgan fingerprint density at radius 1 is 0.972 bits per heavy atom. The molecule has 0 atom stereocenters. The Balaban J connectivity index is 1.58. The minimum Gasteiger partial charge on any atom is -0.321 e. The molecule has 1 fully saturated rings. The Hall–Kier alpha value is -2.64. The van der Waals surface area contributed by atoms with E-state index in [0.717, 1.165) is 22.4 Å². The van der Waals surface area contributed by atoms with Gasteiger partial charge in [-0.25, -0.2) is 8.42 Å². The van der Waals surface area contributed by atoms with Crippen LogP contribution in [0.5, 0.6) is 0 Å². The number of benzene rings is 2. The van der Waals surface area contributed by atoms with Crippen molar-refractivity contribution in [2.75, 3.05) is 10.0 Å². The van der Waals surface area contributed by atoms with Crippen LogP contribution in [0.3, 0.4) is 0 Å². The summed E-state index contributed by atoms with van der Waals surface area (Å²) in [4.78, 5) is 13.9. The molecule has 0 spiro atoms. The predicted molar refractivity (Wildman–Crippen MR) is 150 cm³/mol. The van der Waals surface area contributed by atoms with E-state index in [-0.39, 0.29) is 21.9 Å². The molecule has 3 aromatic rings. The van der Waals surface area contributed by atoms with E-state index in [4.69, 9.17) is 0 Å². The van der Waals surface area contributed by atoms with Gasteiger partial charge in [0.25, 0.3) is 15.9 Å². The first kappa shape index (κ1) is 26.4. The lowest BCUT2D eigenvalue weighted by atomic mass is 9.87. The third-order valence-electron chi connectivity index (χ3n) is 7.18. The van der Waals surface area contributed by atoms with E-state index in [1.54, 1.807) is 23.6 Å². The molecule has 0 aliphatic heterocycles. The number of nitrogens with one attached hydrogen (secondary N) is 2. The number of hydrogen-bond acceptors (Lipinski definition) is 4. The summed E-state index contributed by atoms with van der Waals surface area (Å²) in [6.07, 6.45) is 4.87. The smallest absolute Gasteiger partial charge is 0.267 e. The number of rotatable bonds is 6. The molecule has 192 valence electrons. The van der Waals surface area contributed by atoms with Gasteiger partial charge in [-0.15, -0.1) is 11.3 Å². The molecule has 36 heavy (non-hydrogen) atoms. The van der Waals surface area contributed by atoms with Crippen LogP contribution < -0.4 is 10.0 Å². The van der Waals surface area contributed by atoms with Gasteiger partial charge in [-0.05, 0) is 96.3 Å². The Morgan fingerprint density at radius 2 is 1.61 bits per heavy atom. The lowest BCUT2D eigenvalue weighted by molar-refractivity contribution is 0.103. The molecule has 0 unspecified atom stereocenters. The summed E-state index contributed by atoms with van der Waals surface area (Å²) in [5.41, 5.74) is 6.85. The second-order valence-corrected chi connectivity index (χ2v) is 13.5. The molecule has 4 rings (SSSR count). The highest BCUT2D eigenvalue weighted by molar-refractivity contribution is 7.92. The van der Waals surface area contributed by atoms with E-state index in [1.807, 2.05) is 19.1 Å². The summed E-state index contributed by atoms with van der Waals surface area (Å²) < 4.78 is 28.8. The second kappa shape index (κ2) is 10.0. The number of carbonyl (C=O) groups excluding carboxylic acids is 1. The third kappa shape index (κ3) is 5.37. The van der Waals surface area contributed by atoms with Crippen molar-refractivity contribution >= 4 is 38.6 Å². The molecular formula is C29H36N2O3S2. The first-order valence-corrected chi connectivity index (χ1v) is 14.9. The summed E-state index contributed by atoms with van der Waals surface area (Å²) in [6, 6.07) is 10.7. The number of amides is 1. The highest BCUT2D eigenvalue weighted by atomic mass is 32.2. The predicted octanol–water partition coefficient (Wildman–Crippen LogP) is 7.68. The first-order valence-electron chi connectivity index (χ1n) is 12.5. The van der Waals surface area contributed by atoms with Gasteiger partial charge in [0.2, 0.25) is 0 Å². The van der Waals surface area contributed by atoms with Crippen molar-refractivity contribution in [1.29, 1.82) is 0 Å². The molecule has 1 saturated carbocycles. The van der Waals surface area contributed by atoms with Crippen molar-refractivity contribution in [1.82, 2.24) is 0 Å². The first-order chi connectivity index (χ1) is 16.9. The van der Waals surface area contributed by atoms with Gasteiger partial charge in [0.15, 0.2) is 0 Å². The van der Waals surface area contributed by atoms with Crippen LogP contribution in [-0.4, -0.2) is 14.3 Å². The molecule has 2 N–H and O–H groups in total. The molecule has 2 aromatic carbocycles. The van der Waals surface area contributed by atoms with Gasteiger partial charge < -0.3 is 5.32 Å². The Labute approximate surface area is 219 Å². The molecule has 0 bridgehead atoms. The number of hydrogen-bond donors (Lipinski definition) is 2. The lowest BCUT2D eigenvalue weighted by Crippen LogP contribution is -2.18. The fourth-order valence-corrected chi connectivity index (χ4v) is 7.19. The maximum Gasteiger partial charge on any atom is 0.267 e. The van der Waals surface area contributed by atoms with Gasteiger partial charge in [0, 0.05) is 5.69 Å². The molecule has 0 radical (unpaired) electrons. The van der Waals surface area contributed by atoms with Crippen molar-refractivity contribution in [3.05, 3.63) is 74.5 Å². The molecule has 7 heteroatoms. The van der Waals surface area contributed by atoms with E-state index in [2.05, 4.69) is 50.7 Å². The summed E-state index contributed by atoms with van der Waals surface area (Å²) in [5.74, 6) is 0.230. The maximum absolute atomic E-state index is 13.4.